The molecule has 3 N–H and O–H groups in total. The lowest BCUT2D eigenvalue weighted by Crippen LogP contribution is -2.04. The monoisotopic (exact) mass is 205 g/mol. The fourth-order valence-electron chi connectivity index (χ4n) is 1.53. The zero-order valence-corrected chi connectivity index (χ0v) is 8.47. The molecule has 0 atom stereocenters. The Balaban J connectivity index is 2.09. The summed E-state index contributed by atoms with van der Waals surface area (Å²) in [4.78, 5) is 4.26. The van der Waals surface area contributed by atoms with Crippen molar-refractivity contribution in [3.8, 4) is 0 Å². The number of benzene rings is 1. The molecule has 3 nitrogen and oxygen atoms in total. The number of thiazole rings is 1. The van der Waals surface area contributed by atoms with Crippen LogP contribution >= 0.6 is 11.3 Å². The molecule has 2 aromatic rings. The van der Waals surface area contributed by atoms with E-state index >= 15 is 0 Å². The summed E-state index contributed by atoms with van der Waals surface area (Å²) in [5.74, 6) is 0. The number of nitrogens with two attached hydrogens (primary N) is 1. The highest BCUT2D eigenvalue weighted by Gasteiger charge is 2.22. The summed E-state index contributed by atoms with van der Waals surface area (Å²) in [7, 11) is 0. The number of hydrogen-bond donors (Lipinski definition) is 2. The maximum atomic E-state index is 6.02. The van der Waals surface area contributed by atoms with E-state index in [9.17, 15) is 0 Å². The summed E-state index contributed by atoms with van der Waals surface area (Å²) < 4.78 is 1.16. The Morgan fingerprint density at radius 2 is 2.29 bits per heavy atom. The quantitative estimate of drug-likeness (QED) is 0.740. The van der Waals surface area contributed by atoms with Gasteiger partial charge in [-0.3, -0.25) is 0 Å². The van der Waals surface area contributed by atoms with Crippen LogP contribution in [0.25, 0.3) is 10.2 Å². The molecule has 72 valence electrons. The molecule has 1 aromatic heterocycles. The van der Waals surface area contributed by atoms with E-state index in [1.54, 1.807) is 11.3 Å². The van der Waals surface area contributed by atoms with Gasteiger partial charge in [0, 0.05) is 6.04 Å². The van der Waals surface area contributed by atoms with Crippen LogP contribution < -0.4 is 11.1 Å². The molecule has 0 unspecified atom stereocenters. The number of rotatable bonds is 2. The molecule has 0 aliphatic heterocycles. The van der Waals surface area contributed by atoms with E-state index in [1.807, 2.05) is 11.6 Å². The smallest absolute Gasteiger partial charge is 0.106 e. The molecule has 4 heteroatoms. The van der Waals surface area contributed by atoms with Crippen molar-refractivity contribution in [2.75, 3.05) is 11.1 Å². The van der Waals surface area contributed by atoms with Crippen LogP contribution in [0.5, 0.6) is 0 Å². The van der Waals surface area contributed by atoms with Crippen molar-refractivity contribution >= 4 is 32.9 Å². The normalized spacial score (nSPS) is 16.0. The summed E-state index contributed by atoms with van der Waals surface area (Å²) in [6.45, 7) is 0. The van der Waals surface area contributed by atoms with Gasteiger partial charge in [-0.25, -0.2) is 4.98 Å². The second kappa shape index (κ2) is 2.85. The SMILES string of the molecule is Nc1c(NC2CC2)ccc2scnc12. The molecule has 1 heterocycles. The van der Waals surface area contributed by atoms with Gasteiger partial charge < -0.3 is 11.1 Å². The lowest BCUT2D eigenvalue weighted by molar-refractivity contribution is 1.16. The standard InChI is InChI=1S/C10H11N3S/c11-9-7(13-6-1-2-6)3-4-8-10(9)12-5-14-8/h3-6,13H,1-2,11H2. The summed E-state index contributed by atoms with van der Waals surface area (Å²) in [6.07, 6.45) is 2.52. The average molecular weight is 205 g/mol. The van der Waals surface area contributed by atoms with Crippen molar-refractivity contribution in [3.63, 3.8) is 0 Å². The predicted octanol–water partition coefficient (Wildman–Crippen LogP) is 2.45. The van der Waals surface area contributed by atoms with Gasteiger partial charge in [0.1, 0.15) is 5.52 Å². The van der Waals surface area contributed by atoms with Crippen molar-refractivity contribution in [3.05, 3.63) is 17.6 Å². The van der Waals surface area contributed by atoms with Gasteiger partial charge in [-0.2, -0.15) is 0 Å². The summed E-state index contributed by atoms with van der Waals surface area (Å²) in [5.41, 5.74) is 10.6. The van der Waals surface area contributed by atoms with Gasteiger partial charge in [-0.05, 0) is 25.0 Å². The molecule has 1 aromatic carbocycles. The third-order valence-electron chi connectivity index (χ3n) is 2.48. The Labute approximate surface area is 86.0 Å². The van der Waals surface area contributed by atoms with Gasteiger partial charge in [0.25, 0.3) is 0 Å². The molecule has 0 bridgehead atoms. The Kier molecular flexibility index (Phi) is 1.64. The van der Waals surface area contributed by atoms with Crippen LogP contribution in [0.4, 0.5) is 11.4 Å². The topological polar surface area (TPSA) is 50.9 Å². The third-order valence-corrected chi connectivity index (χ3v) is 3.27. The van der Waals surface area contributed by atoms with Gasteiger partial charge in [-0.1, -0.05) is 0 Å². The molecule has 1 aliphatic carbocycles. The fraction of sp³-hybridized carbons (Fsp3) is 0.300. The number of nitrogens with zero attached hydrogens (tertiary/aromatic N) is 1. The molecule has 1 fully saturated rings. The Bertz CT molecular complexity index is 473. The Morgan fingerprint density at radius 3 is 3.07 bits per heavy atom. The molecule has 0 radical (unpaired) electrons. The minimum absolute atomic E-state index is 0.633. The molecular weight excluding hydrogens is 194 g/mol. The van der Waals surface area contributed by atoms with Gasteiger partial charge in [0.15, 0.2) is 0 Å². The first-order valence-electron chi connectivity index (χ1n) is 4.73. The zero-order valence-electron chi connectivity index (χ0n) is 7.66. The van der Waals surface area contributed by atoms with E-state index in [0.29, 0.717) is 6.04 Å². The van der Waals surface area contributed by atoms with Crippen LogP contribution in [0.3, 0.4) is 0 Å². The van der Waals surface area contributed by atoms with Gasteiger partial charge in [-0.15, -0.1) is 11.3 Å². The number of fused-ring (bicyclic) bond motifs is 1. The second-order valence-corrected chi connectivity index (χ2v) is 4.53. The summed E-state index contributed by atoms with van der Waals surface area (Å²) in [6, 6.07) is 4.76. The minimum Gasteiger partial charge on any atom is -0.395 e. The number of nitrogens with one attached hydrogen (secondary N) is 1. The first-order chi connectivity index (χ1) is 6.84. The Hall–Kier alpha value is -1.29. The van der Waals surface area contributed by atoms with E-state index in [0.717, 1.165) is 21.6 Å². The van der Waals surface area contributed by atoms with E-state index in [2.05, 4.69) is 16.4 Å². The van der Waals surface area contributed by atoms with Gasteiger partial charge in [0.05, 0.1) is 21.6 Å². The zero-order chi connectivity index (χ0) is 9.54. The molecule has 1 aliphatic rings. The molecular formula is C10H11N3S. The summed E-state index contributed by atoms with van der Waals surface area (Å²) >= 11 is 1.63. The van der Waals surface area contributed by atoms with Crippen molar-refractivity contribution < 1.29 is 0 Å². The highest BCUT2D eigenvalue weighted by atomic mass is 32.1. The minimum atomic E-state index is 0.633. The molecule has 0 saturated heterocycles. The number of hydrogen-bond acceptors (Lipinski definition) is 4. The first kappa shape index (κ1) is 8.05. The lowest BCUT2D eigenvalue weighted by atomic mass is 10.2. The number of anilines is 2. The maximum absolute atomic E-state index is 6.02. The molecule has 14 heavy (non-hydrogen) atoms. The average Bonchev–Trinajstić information content (AvgIpc) is 2.85. The van der Waals surface area contributed by atoms with Crippen LogP contribution in [-0.2, 0) is 0 Å². The highest BCUT2D eigenvalue weighted by molar-refractivity contribution is 7.16. The van der Waals surface area contributed by atoms with E-state index < -0.39 is 0 Å². The first-order valence-corrected chi connectivity index (χ1v) is 5.61. The summed E-state index contributed by atoms with van der Waals surface area (Å²) in [5, 5.41) is 3.41. The van der Waals surface area contributed by atoms with E-state index in [4.69, 9.17) is 5.73 Å². The number of nitrogen functional groups attached to an aromatic ring is 1. The Morgan fingerprint density at radius 1 is 1.43 bits per heavy atom. The molecule has 0 amide bonds. The van der Waals surface area contributed by atoms with Crippen LogP contribution in [0.2, 0.25) is 0 Å². The second-order valence-electron chi connectivity index (χ2n) is 3.64. The lowest BCUT2D eigenvalue weighted by Gasteiger charge is -2.07. The van der Waals surface area contributed by atoms with Crippen LogP contribution in [0.1, 0.15) is 12.8 Å². The van der Waals surface area contributed by atoms with Crippen LogP contribution in [0, 0.1) is 0 Å². The van der Waals surface area contributed by atoms with E-state index in [-0.39, 0.29) is 0 Å². The number of aromatic nitrogens is 1. The predicted molar refractivity (Wildman–Crippen MR) is 60.7 cm³/mol. The van der Waals surface area contributed by atoms with Crippen molar-refractivity contribution in [1.29, 1.82) is 0 Å². The van der Waals surface area contributed by atoms with Crippen LogP contribution in [-0.4, -0.2) is 11.0 Å². The van der Waals surface area contributed by atoms with E-state index in [1.165, 1.54) is 12.8 Å². The molecule has 0 spiro atoms. The third kappa shape index (κ3) is 1.23. The fourth-order valence-corrected chi connectivity index (χ4v) is 2.22. The molecule has 3 rings (SSSR count). The van der Waals surface area contributed by atoms with Crippen molar-refractivity contribution in [1.82, 2.24) is 4.98 Å². The maximum Gasteiger partial charge on any atom is 0.106 e. The van der Waals surface area contributed by atoms with Crippen molar-refractivity contribution in [2.24, 2.45) is 0 Å². The van der Waals surface area contributed by atoms with Gasteiger partial charge in [0.2, 0.25) is 0 Å². The van der Waals surface area contributed by atoms with Crippen molar-refractivity contribution in [2.45, 2.75) is 18.9 Å². The largest absolute Gasteiger partial charge is 0.395 e. The highest BCUT2D eigenvalue weighted by Crippen LogP contribution is 2.33. The van der Waals surface area contributed by atoms with Gasteiger partial charge >= 0.3 is 0 Å². The molecule has 1 saturated carbocycles. The van der Waals surface area contributed by atoms with Crippen LogP contribution in [0.15, 0.2) is 17.6 Å².